The highest BCUT2D eigenvalue weighted by atomic mass is 15.0. The molecule has 2 aliphatic carbocycles. The van der Waals surface area contributed by atoms with E-state index in [1.807, 2.05) is 0 Å². The van der Waals surface area contributed by atoms with E-state index in [9.17, 15) is 0 Å². The topological polar surface area (TPSA) is 24.1 Å². The summed E-state index contributed by atoms with van der Waals surface area (Å²) in [6.45, 7) is 2.54. The zero-order valence-corrected chi connectivity index (χ0v) is 10.4. The van der Waals surface area contributed by atoms with Crippen molar-refractivity contribution in [3.8, 4) is 0 Å². The maximum atomic E-state index is 3.84. The molecule has 1 aliphatic heterocycles. The summed E-state index contributed by atoms with van der Waals surface area (Å²) in [4.78, 5) is 0. The summed E-state index contributed by atoms with van der Waals surface area (Å²) in [5, 5.41) is 7.54. The maximum absolute atomic E-state index is 3.84. The zero-order valence-electron chi connectivity index (χ0n) is 10.4. The first kappa shape index (κ1) is 11.0. The standard InChI is InChI=1S/C14H26N2/c1-3-12(14-5-2-9-15-14)13(4-1)16-10-8-11-6-7-11/h11-16H,1-10H2. The fraction of sp³-hybridized carbons (Fsp3) is 1.00. The highest BCUT2D eigenvalue weighted by Gasteiger charge is 2.34. The second-order valence-corrected chi connectivity index (χ2v) is 6.09. The normalized spacial score (nSPS) is 39.4. The van der Waals surface area contributed by atoms with Crippen molar-refractivity contribution in [2.45, 2.75) is 63.5 Å². The molecule has 0 aromatic carbocycles. The smallest absolute Gasteiger partial charge is 0.0111 e. The third kappa shape index (κ3) is 2.60. The minimum absolute atomic E-state index is 0.828. The molecule has 3 unspecified atom stereocenters. The molecule has 2 heteroatoms. The summed E-state index contributed by atoms with van der Waals surface area (Å²) in [6, 6.07) is 1.66. The van der Waals surface area contributed by atoms with E-state index >= 15 is 0 Å². The van der Waals surface area contributed by atoms with Crippen LogP contribution in [0.15, 0.2) is 0 Å². The Kier molecular flexibility index (Phi) is 3.49. The van der Waals surface area contributed by atoms with Gasteiger partial charge < -0.3 is 10.6 Å². The molecule has 2 saturated carbocycles. The van der Waals surface area contributed by atoms with Crippen LogP contribution < -0.4 is 10.6 Å². The molecule has 0 aromatic rings. The Morgan fingerprint density at radius 1 is 1.00 bits per heavy atom. The lowest BCUT2D eigenvalue weighted by Gasteiger charge is -2.26. The molecular formula is C14H26N2. The molecule has 0 aromatic heterocycles. The van der Waals surface area contributed by atoms with Gasteiger partial charge in [0.1, 0.15) is 0 Å². The lowest BCUT2D eigenvalue weighted by atomic mass is 9.93. The molecule has 0 spiro atoms. The Morgan fingerprint density at radius 3 is 2.69 bits per heavy atom. The van der Waals surface area contributed by atoms with Crippen molar-refractivity contribution in [3.63, 3.8) is 0 Å². The van der Waals surface area contributed by atoms with Crippen LogP contribution in [0.2, 0.25) is 0 Å². The molecule has 3 fully saturated rings. The van der Waals surface area contributed by atoms with Gasteiger partial charge in [0.25, 0.3) is 0 Å². The third-order valence-corrected chi connectivity index (χ3v) is 4.84. The fourth-order valence-electron chi connectivity index (χ4n) is 3.68. The summed E-state index contributed by atoms with van der Waals surface area (Å²) in [7, 11) is 0. The Hall–Kier alpha value is -0.0800. The van der Waals surface area contributed by atoms with Crippen molar-refractivity contribution in [1.82, 2.24) is 10.6 Å². The van der Waals surface area contributed by atoms with Crippen molar-refractivity contribution in [2.75, 3.05) is 13.1 Å². The summed E-state index contributed by atoms with van der Waals surface area (Å²) in [5.74, 6) is 2.01. The molecule has 0 bridgehead atoms. The molecule has 92 valence electrons. The Morgan fingerprint density at radius 2 is 1.94 bits per heavy atom. The van der Waals surface area contributed by atoms with Gasteiger partial charge >= 0.3 is 0 Å². The first-order valence-corrected chi connectivity index (χ1v) is 7.40. The summed E-state index contributed by atoms with van der Waals surface area (Å²) in [6.07, 6.45) is 11.6. The number of hydrogen-bond donors (Lipinski definition) is 2. The predicted octanol–water partition coefficient (Wildman–Crippen LogP) is 2.30. The highest BCUT2D eigenvalue weighted by molar-refractivity contribution is 4.93. The number of rotatable bonds is 5. The van der Waals surface area contributed by atoms with Gasteiger partial charge in [-0.2, -0.15) is 0 Å². The van der Waals surface area contributed by atoms with E-state index in [1.165, 1.54) is 64.5 Å². The fourth-order valence-corrected chi connectivity index (χ4v) is 3.68. The van der Waals surface area contributed by atoms with Gasteiger partial charge in [-0.15, -0.1) is 0 Å². The molecule has 2 nitrogen and oxygen atoms in total. The predicted molar refractivity (Wildman–Crippen MR) is 67.5 cm³/mol. The Balaban J connectivity index is 1.44. The van der Waals surface area contributed by atoms with Crippen LogP contribution in [0.25, 0.3) is 0 Å². The first-order chi connectivity index (χ1) is 7.93. The lowest BCUT2D eigenvalue weighted by Crippen LogP contribution is -2.42. The first-order valence-electron chi connectivity index (χ1n) is 7.40. The van der Waals surface area contributed by atoms with Gasteiger partial charge in [-0.1, -0.05) is 19.3 Å². The van der Waals surface area contributed by atoms with Crippen LogP contribution in [-0.2, 0) is 0 Å². The van der Waals surface area contributed by atoms with E-state index < -0.39 is 0 Å². The van der Waals surface area contributed by atoms with Gasteiger partial charge in [-0.05, 0) is 57.0 Å². The van der Waals surface area contributed by atoms with Crippen molar-refractivity contribution in [1.29, 1.82) is 0 Å². The minimum atomic E-state index is 0.828. The summed E-state index contributed by atoms with van der Waals surface area (Å²) in [5.41, 5.74) is 0. The van der Waals surface area contributed by atoms with E-state index in [0.717, 1.165) is 23.9 Å². The Bertz CT molecular complexity index is 219. The molecule has 1 saturated heterocycles. The third-order valence-electron chi connectivity index (χ3n) is 4.84. The van der Waals surface area contributed by atoms with Crippen LogP contribution in [0.3, 0.4) is 0 Å². The molecule has 3 atom stereocenters. The molecule has 3 rings (SSSR count). The lowest BCUT2D eigenvalue weighted by molar-refractivity contribution is 0.319. The average molecular weight is 222 g/mol. The SMILES string of the molecule is C1CNC(C2CCCC2NCCC2CC2)C1. The second kappa shape index (κ2) is 5.05. The minimum Gasteiger partial charge on any atom is -0.314 e. The van der Waals surface area contributed by atoms with Crippen LogP contribution in [-0.4, -0.2) is 25.2 Å². The van der Waals surface area contributed by atoms with E-state index in [4.69, 9.17) is 0 Å². The summed E-state index contributed by atoms with van der Waals surface area (Å²) < 4.78 is 0. The molecule has 16 heavy (non-hydrogen) atoms. The van der Waals surface area contributed by atoms with Crippen LogP contribution in [0.5, 0.6) is 0 Å². The molecule has 0 radical (unpaired) electrons. The summed E-state index contributed by atoms with van der Waals surface area (Å²) >= 11 is 0. The molecule has 1 heterocycles. The van der Waals surface area contributed by atoms with E-state index in [0.29, 0.717) is 0 Å². The Labute approximate surface area is 99.6 Å². The maximum Gasteiger partial charge on any atom is 0.0111 e. The van der Waals surface area contributed by atoms with E-state index in [2.05, 4.69) is 10.6 Å². The number of nitrogens with one attached hydrogen (secondary N) is 2. The van der Waals surface area contributed by atoms with Crippen LogP contribution in [0.4, 0.5) is 0 Å². The van der Waals surface area contributed by atoms with Crippen molar-refractivity contribution < 1.29 is 0 Å². The molecule has 3 aliphatic rings. The monoisotopic (exact) mass is 222 g/mol. The largest absolute Gasteiger partial charge is 0.314 e. The van der Waals surface area contributed by atoms with Gasteiger partial charge in [0.2, 0.25) is 0 Å². The zero-order chi connectivity index (χ0) is 10.8. The number of hydrogen-bond acceptors (Lipinski definition) is 2. The van der Waals surface area contributed by atoms with Gasteiger partial charge in [-0.3, -0.25) is 0 Å². The van der Waals surface area contributed by atoms with Gasteiger partial charge in [0, 0.05) is 12.1 Å². The average Bonchev–Trinajstić information content (AvgIpc) is 2.82. The molecule has 2 N–H and O–H groups in total. The van der Waals surface area contributed by atoms with E-state index in [-0.39, 0.29) is 0 Å². The highest BCUT2D eigenvalue weighted by Crippen LogP contribution is 2.34. The molecular weight excluding hydrogens is 196 g/mol. The van der Waals surface area contributed by atoms with Gasteiger partial charge in [0.15, 0.2) is 0 Å². The van der Waals surface area contributed by atoms with Crippen molar-refractivity contribution in [3.05, 3.63) is 0 Å². The van der Waals surface area contributed by atoms with Gasteiger partial charge in [-0.25, -0.2) is 0 Å². The quantitative estimate of drug-likeness (QED) is 0.746. The van der Waals surface area contributed by atoms with E-state index in [1.54, 1.807) is 0 Å². The van der Waals surface area contributed by atoms with Crippen LogP contribution in [0.1, 0.15) is 51.4 Å². The van der Waals surface area contributed by atoms with Crippen LogP contribution in [0, 0.1) is 11.8 Å². The molecule has 0 amide bonds. The van der Waals surface area contributed by atoms with Gasteiger partial charge in [0.05, 0.1) is 0 Å². The van der Waals surface area contributed by atoms with Crippen molar-refractivity contribution >= 4 is 0 Å². The van der Waals surface area contributed by atoms with Crippen LogP contribution >= 0.6 is 0 Å². The second-order valence-electron chi connectivity index (χ2n) is 6.09. The van der Waals surface area contributed by atoms with Crippen molar-refractivity contribution in [2.24, 2.45) is 11.8 Å².